The van der Waals surface area contributed by atoms with Gasteiger partial charge >= 0.3 is 0 Å². The van der Waals surface area contributed by atoms with Crippen molar-refractivity contribution in [2.24, 2.45) is 11.3 Å². The minimum absolute atomic E-state index is 0.299. The Kier molecular flexibility index (Phi) is 4.26. The van der Waals surface area contributed by atoms with Crippen molar-refractivity contribution in [2.45, 2.75) is 27.3 Å². The SMILES string of the molecule is CN(Cc1cccnc1NN)CC(C)(C)C. The first kappa shape index (κ1) is 12.9. The molecule has 16 heavy (non-hydrogen) atoms. The van der Waals surface area contributed by atoms with Crippen LogP contribution >= 0.6 is 0 Å². The molecule has 1 rings (SSSR count). The summed E-state index contributed by atoms with van der Waals surface area (Å²) in [6, 6.07) is 3.97. The maximum Gasteiger partial charge on any atom is 0.144 e. The maximum atomic E-state index is 5.42. The summed E-state index contributed by atoms with van der Waals surface area (Å²) in [7, 11) is 2.11. The summed E-state index contributed by atoms with van der Waals surface area (Å²) in [4.78, 5) is 6.46. The molecule has 0 aliphatic heterocycles. The van der Waals surface area contributed by atoms with E-state index >= 15 is 0 Å². The number of pyridine rings is 1. The molecule has 0 saturated heterocycles. The first-order chi connectivity index (χ1) is 7.42. The smallest absolute Gasteiger partial charge is 0.144 e. The van der Waals surface area contributed by atoms with E-state index in [9.17, 15) is 0 Å². The number of nitrogens with zero attached hydrogens (tertiary/aromatic N) is 2. The second kappa shape index (κ2) is 5.27. The summed E-state index contributed by atoms with van der Waals surface area (Å²) in [5, 5.41) is 0. The zero-order chi connectivity index (χ0) is 12.2. The lowest BCUT2D eigenvalue weighted by atomic mass is 9.96. The van der Waals surface area contributed by atoms with Crippen LogP contribution in [-0.4, -0.2) is 23.5 Å². The molecule has 1 heterocycles. The largest absolute Gasteiger partial charge is 0.308 e. The highest BCUT2D eigenvalue weighted by Crippen LogP contribution is 2.17. The fourth-order valence-electron chi connectivity index (χ4n) is 1.85. The maximum absolute atomic E-state index is 5.42. The molecule has 4 nitrogen and oxygen atoms in total. The van der Waals surface area contributed by atoms with Crippen molar-refractivity contribution >= 4 is 5.82 Å². The average Bonchev–Trinajstić information content (AvgIpc) is 2.15. The third-order valence-corrected chi connectivity index (χ3v) is 2.21. The van der Waals surface area contributed by atoms with E-state index in [1.807, 2.05) is 12.1 Å². The van der Waals surface area contributed by atoms with Gasteiger partial charge in [-0.25, -0.2) is 10.8 Å². The van der Waals surface area contributed by atoms with Crippen LogP contribution in [0, 0.1) is 5.41 Å². The van der Waals surface area contributed by atoms with Gasteiger partial charge in [-0.2, -0.15) is 0 Å². The Morgan fingerprint density at radius 2 is 2.12 bits per heavy atom. The quantitative estimate of drug-likeness (QED) is 0.603. The summed E-state index contributed by atoms with van der Waals surface area (Å²) in [5.74, 6) is 6.18. The number of hydrogen-bond donors (Lipinski definition) is 2. The third kappa shape index (κ3) is 4.16. The summed E-state index contributed by atoms with van der Waals surface area (Å²) in [5.41, 5.74) is 4.05. The molecular formula is C12H22N4. The number of hydrogen-bond acceptors (Lipinski definition) is 4. The van der Waals surface area contributed by atoms with Gasteiger partial charge in [0.25, 0.3) is 0 Å². The van der Waals surface area contributed by atoms with Gasteiger partial charge < -0.3 is 10.3 Å². The summed E-state index contributed by atoms with van der Waals surface area (Å²) < 4.78 is 0. The van der Waals surface area contributed by atoms with Crippen LogP contribution in [0.1, 0.15) is 26.3 Å². The van der Waals surface area contributed by atoms with Crippen LogP contribution in [0.25, 0.3) is 0 Å². The average molecular weight is 222 g/mol. The molecule has 0 bridgehead atoms. The second-order valence-corrected chi connectivity index (χ2v) is 5.39. The zero-order valence-electron chi connectivity index (χ0n) is 10.6. The van der Waals surface area contributed by atoms with Crippen LogP contribution in [0.3, 0.4) is 0 Å². The molecular weight excluding hydrogens is 200 g/mol. The number of anilines is 1. The highest BCUT2D eigenvalue weighted by Gasteiger charge is 2.14. The Morgan fingerprint density at radius 1 is 1.44 bits per heavy atom. The van der Waals surface area contributed by atoms with Crippen molar-refractivity contribution in [1.29, 1.82) is 0 Å². The lowest BCUT2D eigenvalue weighted by molar-refractivity contribution is 0.221. The molecule has 0 radical (unpaired) electrons. The molecule has 1 aromatic heterocycles. The van der Waals surface area contributed by atoms with Crippen molar-refractivity contribution < 1.29 is 0 Å². The lowest BCUT2D eigenvalue weighted by Gasteiger charge is -2.26. The van der Waals surface area contributed by atoms with Gasteiger partial charge in [-0.1, -0.05) is 26.8 Å². The van der Waals surface area contributed by atoms with E-state index in [1.54, 1.807) is 6.20 Å². The van der Waals surface area contributed by atoms with E-state index in [-0.39, 0.29) is 0 Å². The number of nitrogens with two attached hydrogens (primary N) is 1. The van der Waals surface area contributed by atoms with E-state index in [0.717, 1.165) is 24.5 Å². The highest BCUT2D eigenvalue weighted by molar-refractivity contribution is 5.42. The van der Waals surface area contributed by atoms with Crippen molar-refractivity contribution in [3.63, 3.8) is 0 Å². The van der Waals surface area contributed by atoms with Gasteiger partial charge in [-0.05, 0) is 18.5 Å². The van der Waals surface area contributed by atoms with Gasteiger partial charge in [0, 0.05) is 24.8 Å². The number of hydrazine groups is 1. The van der Waals surface area contributed by atoms with E-state index < -0.39 is 0 Å². The predicted octanol–water partition coefficient (Wildman–Crippen LogP) is 1.85. The summed E-state index contributed by atoms with van der Waals surface area (Å²) in [6.07, 6.45) is 1.74. The Hall–Kier alpha value is -1.13. The number of nitrogen functional groups attached to an aromatic ring is 1. The molecule has 0 aliphatic rings. The monoisotopic (exact) mass is 222 g/mol. The van der Waals surface area contributed by atoms with E-state index in [2.05, 4.69) is 43.1 Å². The molecule has 90 valence electrons. The van der Waals surface area contributed by atoms with Crippen LogP contribution in [0.4, 0.5) is 5.82 Å². The highest BCUT2D eigenvalue weighted by atomic mass is 15.3. The van der Waals surface area contributed by atoms with E-state index in [0.29, 0.717) is 5.41 Å². The summed E-state index contributed by atoms with van der Waals surface area (Å²) in [6.45, 7) is 8.58. The topological polar surface area (TPSA) is 54.2 Å². The van der Waals surface area contributed by atoms with Gasteiger partial charge in [0.2, 0.25) is 0 Å². The van der Waals surface area contributed by atoms with Gasteiger partial charge in [0.05, 0.1) is 0 Å². The molecule has 0 fully saturated rings. The standard InChI is InChI=1S/C12H22N4/c1-12(2,3)9-16(4)8-10-6-5-7-14-11(10)15-13/h5-7H,8-9,13H2,1-4H3,(H,14,15). The third-order valence-electron chi connectivity index (χ3n) is 2.21. The molecule has 3 N–H and O–H groups in total. The van der Waals surface area contributed by atoms with Crippen LogP contribution in [-0.2, 0) is 6.54 Å². The Bertz CT molecular complexity index is 330. The Labute approximate surface area is 97.8 Å². The normalized spacial score (nSPS) is 11.9. The van der Waals surface area contributed by atoms with Gasteiger partial charge in [0.15, 0.2) is 0 Å². The molecule has 0 spiro atoms. The second-order valence-electron chi connectivity index (χ2n) is 5.39. The van der Waals surface area contributed by atoms with Crippen molar-refractivity contribution in [1.82, 2.24) is 9.88 Å². The molecule has 0 unspecified atom stereocenters. The van der Waals surface area contributed by atoms with E-state index in [1.165, 1.54) is 0 Å². The van der Waals surface area contributed by atoms with Crippen LogP contribution < -0.4 is 11.3 Å². The molecule has 0 atom stereocenters. The minimum atomic E-state index is 0.299. The summed E-state index contributed by atoms with van der Waals surface area (Å²) >= 11 is 0. The van der Waals surface area contributed by atoms with Gasteiger partial charge in [-0.3, -0.25) is 0 Å². The number of rotatable bonds is 4. The minimum Gasteiger partial charge on any atom is -0.308 e. The number of nitrogens with one attached hydrogen (secondary N) is 1. The Morgan fingerprint density at radius 3 is 2.69 bits per heavy atom. The molecule has 0 saturated carbocycles. The molecule has 0 aromatic carbocycles. The van der Waals surface area contributed by atoms with Crippen molar-refractivity contribution in [2.75, 3.05) is 19.0 Å². The van der Waals surface area contributed by atoms with Crippen LogP contribution in [0.15, 0.2) is 18.3 Å². The fraction of sp³-hybridized carbons (Fsp3) is 0.583. The van der Waals surface area contributed by atoms with Crippen molar-refractivity contribution in [3.05, 3.63) is 23.9 Å². The first-order valence-electron chi connectivity index (χ1n) is 5.51. The lowest BCUT2D eigenvalue weighted by Crippen LogP contribution is -2.29. The van der Waals surface area contributed by atoms with Gasteiger partial charge in [-0.15, -0.1) is 0 Å². The van der Waals surface area contributed by atoms with Gasteiger partial charge in [0.1, 0.15) is 5.82 Å². The Balaban J connectivity index is 2.65. The number of aromatic nitrogens is 1. The molecule has 0 aliphatic carbocycles. The zero-order valence-corrected chi connectivity index (χ0v) is 10.6. The van der Waals surface area contributed by atoms with Crippen molar-refractivity contribution in [3.8, 4) is 0 Å². The molecule has 1 aromatic rings. The van der Waals surface area contributed by atoms with Crippen LogP contribution in [0.5, 0.6) is 0 Å². The molecule has 0 amide bonds. The first-order valence-corrected chi connectivity index (χ1v) is 5.51. The van der Waals surface area contributed by atoms with Crippen LogP contribution in [0.2, 0.25) is 0 Å². The molecule has 4 heteroatoms. The predicted molar refractivity (Wildman–Crippen MR) is 67.8 cm³/mol. The van der Waals surface area contributed by atoms with E-state index in [4.69, 9.17) is 5.84 Å². The fourth-order valence-corrected chi connectivity index (χ4v) is 1.85.